The second kappa shape index (κ2) is 3.83. The first-order valence-corrected chi connectivity index (χ1v) is 5.42. The van der Waals surface area contributed by atoms with Crippen molar-refractivity contribution in [2.45, 2.75) is 37.5 Å². The van der Waals surface area contributed by atoms with Crippen molar-refractivity contribution >= 4 is 5.97 Å². The van der Waals surface area contributed by atoms with E-state index in [1.54, 1.807) is 0 Å². The number of hydrogen-bond acceptors (Lipinski definition) is 3. The molecule has 1 N–H and O–H groups in total. The van der Waals surface area contributed by atoms with Crippen molar-refractivity contribution in [1.82, 2.24) is 0 Å². The van der Waals surface area contributed by atoms with Gasteiger partial charge >= 0.3 is 17.8 Å². The van der Waals surface area contributed by atoms with Gasteiger partial charge in [-0.25, -0.2) is 4.79 Å². The molecule has 2 bridgehead atoms. The predicted molar refractivity (Wildman–Crippen MR) is 47.6 cm³/mol. The van der Waals surface area contributed by atoms with E-state index in [0.717, 1.165) is 6.42 Å². The van der Waals surface area contributed by atoms with Gasteiger partial charge in [-0.1, -0.05) is 6.42 Å². The molecule has 2 saturated carbocycles. The molecule has 2 rings (SSSR count). The molecule has 7 heteroatoms. The van der Waals surface area contributed by atoms with Crippen LogP contribution in [0.1, 0.15) is 25.7 Å². The van der Waals surface area contributed by atoms with Crippen LogP contribution in [0.3, 0.4) is 0 Å². The Labute approximate surface area is 94.7 Å². The van der Waals surface area contributed by atoms with E-state index in [9.17, 15) is 22.4 Å². The van der Waals surface area contributed by atoms with Crippen LogP contribution >= 0.6 is 0 Å². The second-order valence-corrected chi connectivity index (χ2v) is 4.86. The summed E-state index contributed by atoms with van der Waals surface area (Å²) >= 11 is 0. The Morgan fingerprint density at radius 1 is 1.18 bits per heavy atom. The first kappa shape index (κ1) is 12.6. The average Bonchev–Trinajstić information content (AvgIpc) is 2.89. The van der Waals surface area contributed by atoms with E-state index >= 15 is 0 Å². The minimum atomic E-state index is -4.98. The standard InChI is InChI=1S/C10H12F4O3/c11-9(12,10(13,14)8(15)17-16)7-4-5-1-2-6(7)3-5/h5-7,16H,1-4H2. The smallest absolute Gasteiger partial charge is 0.294 e. The maximum atomic E-state index is 13.6. The van der Waals surface area contributed by atoms with Crippen LogP contribution < -0.4 is 0 Å². The van der Waals surface area contributed by atoms with E-state index in [1.165, 1.54) is 0 Å². The molecule has 0 radical (unpaired) electrons. The summed E-state index contributed by atoms with van der Waals surface area (Å²) in [5, 5.41) is 7.85. The lowest BCUT2D eigenvalue weighted by Crippen LogP contribution is -2.53. The Balaban J connectivity index is 2.21. The summed E-state index contributed by atoms with van der Waals surface area (Å²) in [5.41, 5.74) is 0. The molecular weight excluding hydrogens is 244 g/mol. The summed E-state index contributed by atoms with van der Waals surface area (Å²) in [7, 11) is 0. The van der Waals surface area contributed by atoms with Gasteiger partial charge in [-0.05, 0) is 31.1 Å². The fraction of sp³-hybridized carbons (Fsp3) is 0.900. The van der Waals surface area contributed by atoms with Crippen LogP contribution in [0.4, 0.5) is 17.6 Å². The Kier molecular flexibility index (Phi) is 2.84. The fourth-order valence-corrected chi connectivity index (χ4v) is 3.12. The summed E-state index contributed by atoms with van der Waals surface area (Å²) in [6.07, 6.45) is 1.80. The molecule has 0 amide bonds. The van der Waals surface area contributed by atoms with Gasteiger partial charge in [-0.15, -0.1) is 0 Å². The van der Waals surface area contributed by atoms with Gasteiger partial charge in [0.1, 0.15) is 0 Å². The Morgan fingerprint density at radius 2 is 1.82 bits per heavy atom. The molecule has 2 fully saturated rings. The summed E-state index contributed by atoms with van der Waals surface area (Å²) in [5.74, 6) is -14.0. The van der Waals surface area contributed by atoms with Crippen LogP contribution in [0.5, 0.6) is 0 Å². The zero-order valence-electron chi connectivity index (χ0n) is 8.84. The minimum Gasteiger partial charge on any atom is -0.294 e. The van der Waals surface area contributed by atoms with Gasteiger partial charge in [0, 0.05) is 5.92 Å². The summed E-state index contributed by atoms with van der Waals surface area (Å²) in [6.45, 7) is 0. The van der Waals surface area contributed by atoms with Gasteiger partial charge in [0.2, 0.25) is 0 Å². The Hall–Kier alpha value is -0.850. The third-order valence-electron chi connectivity index (χ3n) is 3.96. The van der Waals surface area contributed by atoms with E-state index in [-0.39, 0.29) is 12.3 Å². The molecule has 0 spiro atoms. The number of alkyl halides is 4. The maximum Gasteiger partial charge on any atom is 0.417 e. The van der Waals surface area contributed by atoms with Crippen LogP contribution in [0.25, 0.3) is 0 Å². The number of halogens is 4. The number of fused-ring (bicyclic) bond motifs is 2. The maximum absolute atomic E-state index is 13.6. The zero-order chi connectivity index (χ0) is 12.8. The number of hydrogen-bond donors (Lipinski definition) is 1. The van der Waals surface area contributed by atoms with Gasteiger partial charge in [0.05, 0.1) is 0 Å². The molecule has 2 aliphatic carbocycles. The van der Waals surface area contributed by atoms with Gasteiger partial charge in [-0.3, -0.25) is 4.89 Å². The van der Waals surface area contributed by atoms with E-state index in [4.69, 9.17) is 5.26 Å². The highest BCUT2D eigenvalue weighted by molar-refractivity contribution is 5.78. The van der Waals surface area contributed by atoms with Crippen LogP contribution in [0.15, 0.2) is 0 Å². The van der Waals surface area contributed by atoms with Crippen molar-refractivity contribution in [2.24, 2.45) is 17.8 Å². The molecule has 17 heavy (non-hydrogen) atoms. The van der Waals surface area contributed by atoms with Gasteiger partial charge in [0.15, 0.2) is 0 Å². The molecule has 0 heterocycles. The molecule has 0 aromatic heterocycles. The lowest BCUT2D eigenvalue weighted by molar-refractivity contribution is -0.294. The molecule has 0 saturated heterocycles. The van der Waals surface area contributed by atoms with Crippen molar-refractivity contribution < 1.29 is 32.5 Å². The topological polar surface area (TPSA) is 46.5 Å². The van der Waals surface area contributed by atoms with Crippen molar-refractivity contribution in [3.05, 3.63) is 0 Å². The normalized spacial score (nSPS) is 32.9. The monoisotopic (exact) mass is 256 g/mol. The third-order valence-corrected chi connectivity index (χ3v) is 3.96. The average molecular weight is 256 g/mol. The molecule has 0 aromatic carbocycles. The minimum absolute atomic E-state index is 0.00592. The largest absolute Gasteiger partial charge is 0.417 e. The molecule has 3 unspecified atom stereocenters. The number of rotatable bonds is 3. The lowest BCUT2D eigenvalue weighted by atomic mass is 9.81. The quantitative estimate of drug-likeness (QED) is 0.479. The van der Waals surface area contributed by atoms with Crippen molar-refractivity contribution in [3.63, 3.8) is 0 Å². The number of carbonyl (C=O) groups is 1. The van der Waals surface area contributed by atoms with E-state index < -0.39 is 29.7 Å². The summed E-state index contributed by atoms with van der Waals surface area (Å²) < 4.78 is 53.7. The van der Waals surface area contributed by atoms with Crippen LogP contribution in [0, 0.1) is 17.8 Å². The van der Waals surface area contributed by atoms with Crippen LogP contribution in [0.2, 0.25) is 0 Å². The first-order chi connectivity index (χ1) is 7.80. The SMILES string of the molecule is O=C(OO)C(F)(F)C(F)(F)C1CC2CCC1C2. The molecule has 3 nitrogen and oxygen atoms in total. The van der Waals surface area contributed by atoms with Crippen molar-refractivity contribution in [3.8, 4) is 0 Å². The molecule has 0 aromatic rings. The molecule has 2 aliphatic rings. The number of carbonyl (C=O) groups excluding carboxylic acids is 1. The van der Waals surface area contributed by atoms with E-state index in [0.29, 0.717) is 12.8 Å². The molecule has 0 aliphatic heterocycles. The molecule has 3 atom stereocenters. The molecular formula is C10H12F4O3. The second-order valence-electron chi connectivity index (χ2n) is 4.86. The van der Waals surface area contributed by atoms with Crippen molar-refractivity contribution in [2.75, 3.05) is 0 Å². The summed E-state index contributed by atoms with van der Waals surface area (Å²) in [4.78, 5) is 13.3. The highest BCUT2D eigenvalue weighted by atomic mass is 19.3. The zero-order valence-corrected chi connectivity index (χ0v) is 8.84. The summed E-state index contributed by atoms with van der Waals surface area (Å²) in [6, 6.07) is 0. The highest BCUT2D eigenvalue weighted by Gasteiger charge is 2.70. The van der Waals surface area contributed by atoms with E-state index in [2.05, 4.69) is 4.89 Å². The van der Waals surface area contributed by atoms with Crippen LogP contribution in [-0.4, -0.2) is 23.1 Å². The van der Waals surface area contributed by atoms with Gasteiger partial charge in [-0.2, -0.15) is 22.8 Å². The predicted octanol–water partition coefficient (Wildman–Crippen LogP) is 2.71. The van der Waals surface area contributed by atoms with Gasteiger partial charge < -0.3 is 0 Å². The Bertz CT molecular complexity index is 332. The fourth-order valence-electron chi connectivity index (χ4n) is 3.12. The van der Waals surface area contributed by atoms with Gasteiger partial charge in [0.25, 0.3) is 0 Å². The highest BCUT2D eigenvalue weighted by Crippen LogP contribution is 2.57. The molecule has 98 valence electrons. The van der Waals surface area contributed by atoms with Crippen molar-refractivity contribution in [1.29, 1.82) is 0 Å². The first-order valence-electron chi connectivity index (χ1n) is 5.42. The van der Waals surface area contributed by atoms with Crippen LogP contribution in [-0.2, 0) is 9.68 Å². The lowest BCUT2D eigenvalue weighted by Gasteiger charge is -2.33. The Morgan fingerprint density at radius 3 is 2.24 bits per heavy atom. The van der Waals surface area contributed by atoms with E-state index in [1.807, 2.05) is 0 Å². The third kappa shape index (κ3) is 1.71.